The van der Waals surface area contributed by atoms with Crippen molar-refractivity contribution in [2.24, 2.45) is 0 Å². The minimum Gasteiger partial charge on any atom is -0.456 e. The molecule has 0 saturated carbocycles. The van der Waals surface area contributed by atoms with Crippen molar-refractivity contribution in [1.82, 2.24) is 0 Å². The zero-order valence-corrected chi connectivity index (χ0v) is 28.6. The van der Waals surface area contributed by atoms with Crippen molar-refractivity contribution in [3.05, 3.63) is 212 Å². The van der Waals surface area contributed by atoms with E-state index in [9.17, 15) is 0 Å². The minimum absolute atomic E-state index is 0.833. The van der Waals surface area contributed by atoms with Gasteiger partial charge in [0.05, 0.1) is 11.4 Å². The van der Waals surface area contributed by atoms with Crippen LogP contribution in [0.1, 0.15) is 0 Å². The van der Waals surface area contributed by atoms with Gasteiger partial charge >= 0.3 is 0 Å². The highest BCUT2D eigenvalue weighted by Gasteiger charge is 2.22. The molecule has 0 radical (unpaired) electrons. The van der Waals surface area contributed by atoms with Crippen molar-refractivity contribution in [2.45, 2.75) is 0 Å². The van der Waals surface area contributed by atoms with E-state index in [-0.39, 0.29) is 0 Å². The molecule has 0 amide bonds. The van der Waals surface area contributed by atoms with Crippen LogP contribution in [0.5, 0.6) is 0 Å². The fourth-order valence-electron chi connectivity index (χ4n) is 7.18. The van der Waals surface area contributed by atoms with E-state index < -0.39 is 0 Å². The van der Waals surface area contributed by atoms with Crippen LogP contribution in [0.3, 0.4) is 0 Å². The Morgan fingerprint density at radius 1 is 0.308 bits per heavy atom. The normalized spacial score (nSPS) is 11.1. The second kappa shape index (κ2) is 13.8. The van der Waals surface area contributed by atoms with Gasteiger partial charge in [0.15, 0.2) is 0 Å². The van der Waals surface area contributed by atoms with Gasteiger partial charge in [0.25, 0.3) is 0 Å². The summed E-state index contributed by atoms with van der Waals surface area (Å²) in [4.78, 5) is 2.37. The third-order valence-electron chi connectivity index (χ3n) is 9.73. The number of nitrogens with zero attached hydrogens (tertiary/aromatic N) is 1. The standard InChI is InChI=1S/C50H35NO/c1-3-15-36(16-4-1)37-27-29-40(30-28-37)45-22-10-12-24-47(45)51(48-25-13-11-23-46(48)50-35-41-19-7-14-26-49(41)52-50)42-33-31-39(32-34-42)44-21-9-8-20-43(44)38-17-5-2-6-18-38/h1-35H. The highest BCUT2D eigenvalue weighted by Crippen LogP contribution is 2.46. The van der Waals surface area contributed by atoms with E-state index in [1.165, 1.54) is 33.4 Å². The Morgan fingerprint density at radius 2 is 0.731 bits per heavy atom. The fourth-order valence-corrected chi connectivity index (χ4v) is 7.18. The molecule has 0 spiro atoms. The quantitative estimate of drug-likeness (QED) is 0.161. The predicted molar refractivity (Wildman–Crippen MR) is 218 cm³/mol. The van der Waals surface area contributed by atoms with Crippen molar-refractivity contribution in [2.75, 3.05) is 4.90 Å². The molecule has 9 rings (SSSR count). The molecule has 1 heterocycles. The summed E-state index contributed by atoms with van der Waals surface area (Å²) in [5.74, 6) is 0.833. The lowest BCUT2D eigenvalue weighted by Gasteiger charge is -2.29. The molecule has 0 aliphatic rings. The van der Waals surface area contributed by atoms with Crippen LogP contribution in [0, 0.1) is 0 Å². The van der Waals surface area contributed by atoms with Crippen molar-refractivity contribution < 1.29 is 4.42 Å². The predicted octanol–water partition coefficient (Wildman–Crippen LogP) is 14.2. The van der Waals surface area contributed by atoms with Crippen LogP contribution in [0.15, 0.2) is 217 Å². The smallest absolute Gasteiger partial charge is 0.137 e. The van der Waals surface area contributed by atoms with E-state index in [2.05, 4.69) is 205 Å². The molecule has 8 aromatic carbocycles. The van der Waals surface area contributed by atoms with Gasteiger partial charge < -0.3 is 9.32 Å². The lowest BCUT2D eigenvalue weighted by atomic mass is 9.94. The number of para-hydroxylation sites is 3. The first-order chi connectivity index (χ1) is 25.8. The molecule has 0 saturated heterocycles. The van der Waals surface area contributed by atoms with Gasteiger partial charge in [-0.05, 0) is 81.4 Å². The Bertz CT molecular complexity index is 2570. The fraction of sp³-hybridized carbons (Fsp3) is 0. The van der Waals surface area contributed by atoms with Crippen LogP contribution in [0.4, 0.5) is 17.1 Å². The number of benzene rings is 8. The SMILES string of the molecule is c1ccc(-c2ccc(-c3ccccc3N(c3ccc(-c4ccccc4-c4ccccc4)cc3)c3ccccc3-c3cc4ccccc4o3)cc2)cc1. The molecule has 0 unspecified atom stereocenters. The molecular formula is C50H35NO. The average molecular weight is 666 g/mol. The van der Waals surface area contributed by atoms with Crippen LogP contribution in [-0.4, -0.2) is 0 Å². The number of hydrogen-bond acceptors (Lipinski definition) is 2. The van der Waals surface area contributed by atoms with Crippen molar-refractivity contribution in [3.63, 3.8) is 0 Å². The monoisotopic (exact) mass is 665 g/mol. The molecule has 0 atom stereocenters. The lowest BCUT2D eigenvalue weighted by Crippen LogP contribution is -2.12. The topological polar surface area (TPSA) is 16.4 Å². The van der Waals surface area contributed by atoms with Crippen molar-refractivity contribution in [1.29, 1.82) is 0 Å². The maximum atomic E-state index is 6.49. The summed E-state index contributed by atoms with van der Waals surface area (Å²) in [6.45, 7) is 0. The molecule has 0 bridgehead atoms. The van der Waals surface area contributed by atoms with E-state index in [1.807, 2.05) is 12.1 Å². The number of furan rings is 1. The van der Waals surface area contributed by atoms with Gasteiger partial charge in [-0.15, -0.1) is 0 Å². The second-order valence-corrected chi connectivity index (χ2v) is 12.9. The largest absolute Gasteiger partial charge is 0.456 e. The van der Waals surface area contributed by atoms with Gasteiger partial charge in [0, 0.05) is 22.2 Å². The van der Waals surface area contributed by atoms with E-state index in [4.69, 9.17) is 4.42 Å². The van der Waals surface area contributed by atoms with E-state index >= 15 is 0 Å². The summed E-state index contributed by atoms with van der Waals surface area (Å²) < 4.78 is 6.49. The van der Waals surface area contributed by atoms with Crippen molar-refractivity contribution in [3.8, 4) is 55.8 Å². The first kappa shape index (κ1) is 31.1. The first-order valence-electron chi connectivity index (χ1n) is 17.7. The summed E-state index contributed by atoms with van der Waals surface area (Å²) in [6, 6.07) is 75.2. The van der Waals surface area contributed by atoms with Crippen LogP contribution in [0.25, 0.3) is 66.8 Å². The zero-order chi connectivity index (χ0) is 34.7. The summed E-state index contributed by atoms with van der Waals surface area (Å²) in [6.07, 6.45) is 0. The molecular weight excluding hydrogens is 631 g/mol. The molecule has 0 fully saturated rings. The minimum atomic E-state index is 0.833. The molecule has 0 aliphatic carbocycles. The number of anilines is 3. The Labute approximate surface area is 304 Å². The molecule has 246 valence electrons. The van der Waals surface area contributed by atoms with E-state index in [1.54, 1.807) is 0 Å². The zero-order valence-electron chi connectivity index (χ0n) is 28.6. The van der Waals surface area contributed by atoms with Crippen LogP contribution < -0.4 is 4.90 Å². The maximum Gasteiger partial charge on any atom is 0.137 e. The molecule has 0 aliphatic heterocycles. The molecule has 52 heavy (non-hydrogen) atoms. The number of rotatable bonds is 8. The highest BCUT2D eigenvalue weighted by atomic mass is 16.3. The molecule has 2 heteroatoms. The molecule has 0 N–H and O–H groups in total. The van der Waals surface area contributed by atoms with Gasteiger partial charge in [0.1, 0.15) is 11.3 Å². The highest BCUT2D eigenvalue weighted by molar-refractivity contribution is 5.95. The lowest BCUT2D eigenvalue weighted by molar-refractivity contribution is 0.631. The van der Waals surface area contributed by atoms with Crippen LogP contribution in [-0.2, 0) is 0 Å². The third-order valence-corrected chi connectivity index (χ3v) is 9.73. The van der Waals surface area contributed by atoms with Gasteiger partial charge in [-0.25, -0.2) is 0 Å². The number of fused-ring (bicyclic) bond motifs is 1. The average Bonchev–Trinajstić information content (AvgIpc) is 3.67. The summed E-state index contributed by atoms with van der Waals surface area (Å²) >= 11 is 0. The summed E-state index contributed by atoms with van der Waals surface area (Å²) in [5.41, 5.74) is 14.5. The van der Waals surface area contributed by atoms with Crippen LogP contribution >= 0.6 is 0 Å². The first-order valence-corrected chi connectivity index (χ1v) is 17.7. The van der Waals surface area contributed by atoms with E-state index in [0.717, 1.165) is 50.5 Å². The van der Waals surface area contributed by atoms with Gasteiger partial charge in [-0.1, -0.05) is 170 Å². The summed E-state index contributed by atoms with van der Waals surface area (Å²) in [7, 11) is 0. The molecule has 2 nitrogen and oxygen atoms in total. The Kier molecular flexibility index (Phi) is 8.24. The Morgan fingerprint density at radius 3 is 1.38 bits per heavy atom. The van der Waals surface area contributed by atoms with E-state index in [0.29, 0.717) is 0 Å². The molecule has 1 aromatic heterocycles. The maximum absolute atomic E-state index is 6.49. The third kappa shape index (κ3) is 5.97. The summed E-state index contributed by atoms with van der Waals surface area (Å²) in [5, 5.41) is 1.08. The van der Waals surface area contributed by atoms with Crippen LogP contribution in [0.2, 0.25) is 0 Å². The Balaban J connectivity index is 1.20. The second-order valence-electron chi connectivity index (χ2n) is 12.9. The Hall–Kier alpha value is -6.90. The van der Waals surface area contributed by atoms with Gasteiger partial charge in [0.2, 0.25) is 0 Å². The number of hydrogen-bond donors (Lipinski definition) is 0. The van der Waals surface area contributed by atoms with Gasteiger partial charge in [-0.3, -0.25) is 0 Å². The molecule has 9 aromatic rings. The van der Waals surface area contributed by atoms with Gasteiger partial charge in [-0.2, -0.15) is 0 Å². The van der Waals surface area contributed by atoms with Crippen molar-refractivity contribution >= 4 is 28.0 Å².